The predicted molar refractivity (Wildman–Crippen MR) is 61.3 cm³/mol. The average Bonchev–Trinajstić information content (AvgIpc) is 2.90. The van der Waals surface area contributed by atoms with Gasteiger partial charge in [-0.25, -0.2) is 0 Å². The van der Waals surface area contributed by atoms with Gasteiger partial charge < -0.3 is 4.74 Å². The van der Waals surface area contributed by atoms with Gasteiger partial charge in [-0.05, 0) is 19.8 Å². The van der Waals surface area contributed by atoms with Crippen molar-refractivity contribution in [1.82, 2.24) is 4.98 Å². The summed E-state index contributed by atoms with van der Waals surface area (Å²) < 4.78 is 5.85. The van der Waals surface area contributed by atoms with E-state index >= 15 is 0 Å². The van der Waals surface area contributed by atoms with Crippen molar-refractivity contribution in [2.45, 2.75) is 52.1 Å². The topological polar surface area (TPSA) is 22.1 Å². The van der Waals surface area contributed by atoms with Crippen LogP contribution in [0.1, 0.15) is 44.9 Å². The maximum absolute atomic E-state index is 5.85. The lowest BCUT2D eigenvalue weighted by atomic mass is 9.91. The second-order valence-corrected chi connectivity index (χ2v) is 5.40. The first-order chi connectivity index (χ1) is 6.97. The molecule has 2 heteroatoms. The Labute approximate surface area is 91.7 Å². The molecule has 82 valence electrons. The number of ether oxygens (including phenoxy) is 1. The number of aromatic nitrogens is 1. The van der Waals surface area contributed by atoms with E-state index in [2.05, 4.69) is 38.7 Å². The predicted octanol–water partition coefficient (Wildman–Crippen LogP) is 3.23. The van der Waals surface area contributed by atoms with Gasteiger partial charge in [0.2, 0.25) is 0 Å². The third-order valence-corrected chi connectivity index (χ3v) is 2.64. The first kappa shape index (κ1) is 10.5. The lowest BCUT2D eigenvalue weighted by molar-refractivity contribution is 0.299. The number of hydrogen-bond acceptors (Lipinski definition) is 2. The molecule has 0 aromatic carbocycles. The molecule has 0 aliphatic heterocycles. The molecule has 1 aromatic heterocycles. The van der Waals surface area contributed by atoms with Crippen LogP contribution in [-0.2, 0) is 5.41 Å². The highest BCUT2D eigenvalue weighted by Crippen LogP contribution is 2.31. The molecule has 1 aromatic rings. The third kappa shape index (κ3) is 2.49. The number of nitrogens with zero attached hydrogens (tertiary/aromatic N) is 1. The SMILES string of the molecule is Cc1cnc(C(C)(C)C)cc1OC1CC1. The van der Waals surface area contributed by atoms with Gasteiger partial charge in [-0.15, -0.1) is 0 Å². The normalized spacial score (nSPS) is 16.5. The number of rotatable bonds is 2. The van der Waals surface area contributed by atoms with Crippen LogP contribution in [-0.4, -0.2) is 11.1 Å². The van der Waals surface area contributed by atoms with Crippen LogP contribution in [0.2, 0.25) is 0 Å². The molecule has 2 nitrogen and oxygen atoms in total. The molecule has 0 atom stereocenters. The van der Waals surface area contributed by atoms with Gasteiger partial charge in [0.1, 0.15) is 5.75 Å². The molecule has 0 amide bonds. The van der Waals surface area contributed by atoms with Gasteiger partial charge in [0.15, 0.2) is 0 Å². The van der Waals surface area contributed by atoms with Gasteiger partial charge in [-0.1, -0.05) is 20.8 Å². The van der Waals surface area contributed by atoms with Crippen molar-refractivity contribution < 1.29 is 4.74 Å². The van der Waals surface area contributed by atoms with Crippen LogP contribution in [0, 0.1) is 6.92 Å². The monoisotopic (exact) mass is 205 g/mol. The highest BCUT2D eigenvalue weighted by Gasteiger charge is 2.25. The van der Waals surface area contributed by atoms with Crippen molar-refractivity contribution in [3.05, 3.63) is 23.5 Å². The zero-order chi connectivity index (χ0) is 11.1. The minimum atomic E-state index is 0.0926. The minimum Gasteiger partial charge on any atom is -0.490 e. The van der Waals surface area contributed by atoms with Crippen LogP contribution >= 0.6 is 0 Å². The fourth-order valence-electron chi connectivity index (χ4n) is 1.41. The molecule has 0 bridgehead atoms. The van der Waals surface area contributed by atoms with Crippen LogP contribution < -0.4 is 4.74 Å². The summed E-state index contributed by atoms with van der Waals surface area (Å²) in [5.41, 5.74) is 2.33. The van der Waals surface area contributed by atoms with Crippen molar-refractivity contribution in [2.75, 3.05) is 0 Å². The Morgan fingerprint density at radius 3 is 2.53 bits per heavy atom. The largest absolute Gasteiger partial charge is 0.490 e. The Morgan fingerprint density at radius 1 is 1.33 bits per heavy atom. The van der Waals surface area contributed by atoms with E-state index in [-0.39, 0.29) is 5.41 Å². The van der Waals surface area contributed by atoms with Crippen LogP contribution in [0.25, 0.3) is 0 Å². The van der Waals surface area contributed by atoms with Crippen molar-refractivity contribution >= 4 is 0 Å². The maximum atomic E-state index is 5.85. The van der Waals surface area contributed by atoms with Crippen molar-refractivity contribution in [3.63, 3.8) is 0 Å². The van der Waals surface area contributed by atoms with Crippen molar-refractivity contribution in [1.29, 1.82) is 0 Å². The Morgan fingerprint density at radius 2 is 2.00 bits per heavy atom. The summed E-state index contributed by atoms with van der Waals surface area (Å²) >= 11 is 0. The number of aryl methyl sites for hydroxylation is 1. The maximum Gasteiger partial charge on any atom is 0.125 e. The quantitative estimate of drug-likeness (QED) is 0.739. The molecular weight excluding hydrogens is 186 g/mol. The fourth-order valence-corrected chi connectivity index (χ4v) is 1.41. The van der Waals surface area contributed by atoms with E-state index in [9.17, 15) is 0 Å². The zero-order valence-corrected chi connectivity index (χ0v) is 10.0. The second kappa shape index (κ2) is 3.51. The molecular formula is C13H19NO. The van der Waals surface area contributed by atoms with Crippen molar-refractivity contribution in [2.24, 2.45) is 0 Å². The minimum absolute atomic E-state index is 0.0926. The lowest BCUT2D eigenvalue weighted by Gasteiger charge is -2.19. The number of pyridine rings is 1. The van der Waals surface area contributed by atoms with E-state index in [1.165, 1.54) is 12.8 Å². The third-order valence-electron chi connectivity index (χ3n) is 2.64. The standard InChI is InChI=1S/C13H19NO/c1-9-8-14-12(13(2,3)4)7-11(9)15-10-5-6-10/h7-8,10H,5-6H2,1-4H3. The van der Waals surface area contributed by atoms with Gasteiger partial charge in [0.05, 0.1) is 6.10 Å². The van der Waals surface area contributed by atoms with Gasteiger partial charge in [-0.2, -0.15) is 0 Å². The van der Waals surface area contributed by atoms with E-state index in [1.807, 2.05) is 6.20 Å². The first-order valence-electron chi connectivity index (χ1n) is 5.60. The molecule has 0 saturated heterocycles. The summed E-state index contributed by atoms with van der Waals surface area (Å²) in [6, 6.07) is 2.09. The van der Waals surface area contributed by atoms with Crippen LogP contribution in [0.5, 0.6) is 5.75 Å². The van der Waals surface area contributed by atoms with E-state index in [1.54, 1.807) is 0 Å². The molecule has 0 spiro atoms. The first-order valence-corrected chi connectivity index (χ1v) is 5.60. The molecule has 1 fully saturated rings. The molecule has 1 aliphatic rings. The average molecular weight is 205 g/mol. The Balaban J connectivity index is 2.27. The fraction of sp³-hybridized carbons (Fsp3) is 0.615. The van der Waals surface area contributed by atoms with E-state index in [0.29, 0.717) is 6.10 Å². The van der Waals surface area contributed by atoms with Gasteiger partial charge in [0, 0.05) is 28.9 Å². The molecule has 1 aliphatic carbocycles. The van der Waals surface area contributed by atoms with Crippen LogP contribution in [0.15, 0.2) is 12.3 Å². The van der Waals surface area contributed by atoms with Gasteiger partial charge in [0.25, 0.3) is 0 Å². The van der Waals surface area contributed by atoms with Crippen LogP contribution in [0.4, 0.5) is 0 Å². The molecule has 2 rings (SSSR count). The molecule has 15 heavy (non-hydrogen) atoms. The Bertz CT molecular complexity index is 361. The summed E-state index contributed by atoms with van der Waals surface area (Å²) in [5.74, 6) is 1.01. The zero-order valence-electron chi connectivity index (χ0n) is 10.0. The highest BCUT2D eigenvalue weighted by molar-refractivity contribution is 5.34. The number of hydrogen-bond donors (Lipinski definition) is 0. The summed E-state index contributed by atoms with van der Waals surface area (Å²) in [5, 5.41) is 0. The van der Waals surface area contributed by atoms with E-state index < -0.39 is 0 Å². The molecule has 1 saturated carbocycles. The second-order valence-electron chi connectivity index (χ2n) is 5.40. The summed E-state index contributed by atoms with van der Waals surface area (Å²) in [7, 11) is 0. The summed E-state index contributed by atoms with van der Waals surface area (Å²) in [4.78, 5) is 4.46. The van der Waals surface area contributed by atoms with Crippen LogP contribution in [0.3, 0.4) is 0 Å². The molecule has 0 unspecified atom stereocenters. The summed E-state index contributed by atoms with van der Waals surface area (Å²) in [6.45, 7) is 8.57. The Kier molecular flexibility index (Phi) is 2.45. The van der Waals surface area contributed by atoms with Crippen molar-refractivity contribution in [3.8, 4) is 5.75 Å². The highest BCUT2D eigenvalue weighted by atomic mass is 16.5. The lowest BCUT2D eigenvalue weighted by Crippen LogP contribution is -2.14. The van der Waals surface area contributed by atoms with E-state index in [4.69, 9.17) is 4.74 Å². The smallest absolute Gasteiger partial charge is 0.125 e. The molecule has 0 radical (unpaired) electrons. The summed E-state index contributed by atoms with van der Waals surface area (Å²) in [6.07, 6.45) is 4.77. The van der Waals surface area contributed by atoms with E-state index in [0.717, 1.165) is 17.0 Å². The Hall–Kier alpha value is -1.05. The molecule has 1 heterocycles. The van der Waals surface area contributed by atoms with Gasteiger partial charge >= 0.3 is 0 Å². The molecule has 0 N–H and O–H groups in total. The van der Waals surface area contributed by atoms with Gasteiger partial charge in [-0.3, -0.25) is 4.98 Å².